The van der Waals surface area contributed by atoms with Crippen molar-refractivity contribution in [2.24, 2.45) is 0 Å². The highest BCUT2D eigenvalue weighted by atomic mass is 16.4. The lowest BCUT2D eigenvalue weighted by Crippen LogP contribution is -2.10. The Balaban J connectivity index is 0. The van der Waals surface area contributed by atoms with Gasteiger partial charge < -0.3 is 10.2 Å². The maximum Gasteiger partial charge on any atom is 0.371 e. The number of aliphatic carboxylic acids is 1. The Morgan fingerprint density at radius 2 is 1.33 bits per heavy atom. The molecule has 0 aliphatic rings. The van der Waals surface area contributed by atoms with Crippen LogP contribution in [-0.4, -0.2) is 33.9 Å². The van der Waals surface area contributed by atoms with Crippen LogP contribution in [0.15, 0.2) is 0 Å². The van der Waals surface area contributed by atoms with E-state index in [9.17, 15) is 14.4 Å². The summed E-state index contributed by atoms with van der Waals surface area (Å²) in [4.78, 5) is 28.8. The number of rotatable bonds is 2. The third kappa shape index (κ3) is 11.6. The van der Waals surface area contributed by atoms with Gasteiger partial charge in [0.15, 0.2) is 5.78 Å². The highest BCUT2D eigenvalue weighted by molar-refractivity contribution is 6.31. The minimum atomic E-state index is -1.38. The Kier molecular flexibility index (Phi) is 7.22. The molecule has 0 spiro atoms. The van der Waals surface area contributed by atoms with Gasteiger partial charge in [-0.3, -0.25) is 9.59 Å². The summed E-state index contributed by atoms with van der Waals surface area (Å²) in [7, 11) is 0. The van der Waals surface area contributed by atoms with E-state index in [0.717, 1.165) is 6.92 Å². The normalized spacial score (nSPS) is 10.7. The molecule has 0 radical (unpaired) electrons. The Labute approximate surface area is 70.0 Å². The lowest BCUT2D eigenvalue weighted by atomic mass is 10.3. The number of aliphatic hydroxyl groups is 1. The summed E-state index contributed by atoms with van der Waals surface area (Å²) >= 11 is 0. The molecule has 0 rings (SSSR count). The number of carbonyl (C=O) groups excluding carboxylic acids is 2. The molecule has 0 aromatic rings. The van der Waals surface area contributed by atoms with Crippen LogP contribution in [0.25, 0.3) is 0 Å². The van der Waals surface area contributed by atoms with Crippen LogP contribution in [-0.2, 0) is 14.4 Å². The summed E-state index contributed by atoms with van der Waals surface area (Å²) in [5.41, 5.74) is 0. The van der Waals surface area contributed by atoms with E-state index in [4.69, 9.17) is 10.2 Å². The van der Waals surface area contributed by atoms with Crippen molar-refractivity contribution in [1.82, 2.24) is 0 Å². The fraction of sp³-hybridized carbons (Fsp3) is 0.571. The second-order valence-electron chi connectivity index (χ2n) is 2.15. The van der Waals surface area contributed by atoms with Gasteiger partial charge in [0.25, 0.3) is 0 Å². The topological polar surface area (TPSA) is 91.7 Å². The van der Waals surface area contributed by atoms with Crippen molar-refractivity contribution in [3.63, 3.8) is 0 Å². The molecule has 12 heavy (non-hydrogen) atoms. The quantitative estimate of drug-likeness (QED) is 0.559. The number of carboxylic acid groups (broad SMARTS) is 1. The number of carboxylic acids is 1. The van der Waals surface area contributed by atoms with Gasteiger partial charge >= 0.3 is 5.97 Å². The largest absolute Gasteiger partial charge is 0.476 e. The number of carbonyl (C=O) groups is 3. The Morgan fingerprint density at radius 1 is 1.17 bits per heavy atom. The lowest BCUT2D eigenvalue weighted by Gasteiger charge is -1.90. The molecule has 0 aromatic carbocycles. The molecular formula is C7H12O5. The van der Waals surface area contributed by atoms with Crippen LogP contribution in [0.3, 0.4) is 0 Å². The minimum absolute atomic E-state index is 0.185. The average molecular weight is 176 g/mol. The van der Waals surface area contributed by atoms with E-state index in [1.165, 1.54) is 13.8 Å². The van der Waals surface area contributed by atoms with Gasteiger partial charge in [-0.2, -0.15) is 0 Å². The van der Waals surface area contributed by atoms with Crippen molar-refractivity contribution in [2.75, 3.05) is 0 Å². The first-order chi connectivity index (χ1) is 5.29. The van der Waals surface area contributed by atoms with E-state index < -0.39 is 17.9 Å². The third-order valence-electron chi connectivity index (χ3n) is 0.890. The van der Waals surface area contributed by atoms with E-state index in [0.29, 0.717) is 0 Å². The number of Topliss-reactive ketones (excluding diaryl/α,β-unsaturated/α-hetero) is 2. The average Bonchev–Trinajstić information content (AvgIpc) is 1.88. The standard InChI is InChI=1S/C4H8O2.C3H4O3/c1-3(5)4(2)6;1-2(4)3(5)6/h3,5H,1-2H3;1H3,(H,5,6). The Hall–Kier alpha value is -1.23. The molecule has 5 heteroatoms. The molecule has 0 bridgehead atoms. The summed E-state index contributed by atoms with van der Waals surface area (Å²) in [6.07, 6.45) is -0.787. The minimum Gasteiger partial charge on any atom is -0.476 e. The van der Waals surface area contributed by atoms with Crippen molar-refractivity contribution < 1.29 is 24.6 Å². The molecule has 0 saturated carbocycles. The number of hydrogen-bond acceptors (Lipinski definition) is 4. The van der Waals surface area contributed by atoms with Crippen molar-refractivity contribution in [3.05, 3.63) is 0 Å². The first-order valence-electron chi connectivity index (χ1n) is 3.21. The summed E-state index contributed by atoms with van der Waals surface area (Å²) in [5.74, 6) is -2.39. The molecule has 5 nitrogen and oxygen atoms in total. The maximum atomic E-state index is 9.89. The highest BCUT2D eigenvalue weighted by Gasteiger charge is 1.99. The highest BCUT2D eigenvalue weighted by Crippen LogP contribution is 1.76. The molecule has 0 amide bonds. The van der Waals surface area contributed by atoms with Gasteiger partial charge in [0.05, 0.1) is 0 Å². The van der Waals surface area contributed by atoms with E-state index in [2.05, 4.69) is 0 Å². The summed E-state index contributed by atoms with van der Waals surface area (Å²) in [5, 5.41) is 15.9. The first kappa shape index (κ1) is 13.4. The van der Waals surface area contributed by atoms with Crippen molar-refractivity contribution in [3.8, 4) is 0 Å². The smallest absolute Gasteiger partial charge is 0.371 e. The SMILES string of the molecule is CC(=O)C(=O)O.CC(=O)C(C)O. The zero-order chi connectivity index (χ0) is 10.3. The van der Waals surface area contributed by atoms with Crippen LogP contribution in [0.5, 0.6) is 0 Å². The predicted molar refractivity (Wildman–Crippen MR) is 40.7 cm³/mol. The van der Waals surface area contributed by atoms with Gasteiger partial charge in [0.1, 0.15) is 6.10 Å². The van der Waals surface area contributed by atoms with E-state index in [1.54, 1.807) is 0 Å². The molecule has 1 atom stereocenters. The zero-order valence-corrected chi connectivity index (χ0v) is 7.20. The van der Waals surface area contributed by atoms with Gasteiger partial charge in [-0.1, -0.05) is 0 Å². The van der Waals surface area contributed by atoms with Crippen LogP contribution in [0.4, 0.5) is 0 Å². The molecule has 2 N–H and O–H groups in total. The molecule has 0 aromatic heterocycles. The lowest BCUT2D eigenvalue weighted by molar-refractivity contribution is -0.148. The molecule has 0 aliphatic heterocycles. The fourth-order valence-corrected chi connectivity index (χ4v) is 0. The van der Waals surface area contributed by atoms with Crippen LogP contribution >= 0.6 is 0 Å². The van der Waals surface area contributed by atoms with E-state index in [1.807, 2.05) is 0 Å². The van der Waals surface area contributed by atoms with Gasteiger partial charge in [-0.15, -0.1) is 0 Å². The van der Waals surface area contributed by atoms with Crippen molar-refractivity contribution in [2.45, 2.75) is 26.9 Å². The Bertz CT molecular complexity index is 170. The number of ketones is 2. The summed E-state index contributed by atoms with van der Waals surface area (Å²) < 4.78 is 0. The number of aliphatic hydroxyl groups excluding tert-OH is 1. The van der Waals surface area contributed by atoms with Crippen LogP contribution in [0.2, 0.25) is 0 Å². The third-order valence-corrected chi connectivity index (χ3v) is 0.890. The summed E-state index contributed by atoms with van der Waals surface area (Å²) in [6, 6.07) is 0. The predicted octanol–water partition coefficient (Wildman–Crippen LogP) is -0.384. The molecule has 70 valence electrons. The second-order valence-corrected chi connectivity index (χ2v) is 2.15. The Morgan fingerprint density at radius 3 is 1.33 bits per heavy atom. The van der Waals surface area contributed by atoms with Crippen LogP contribution in [0, 0.1) is 0 Å². The first-order valence-corrected chi connectivity index (χ1v) is 3.21. The molecular weight excluding hydrogens is 164 g/mol. The van der Waals surface area contributed by atoms with Crippen molar-refractivity contribution >= 4 is 17.5 Å². The van der Waals surface area contributed by atoms with E-state index in [-0.39, 0.29) is 5.78 Å². The maximum absolute atomic E-state index is 9.89. The molecule has 0 aliphatic carbocycles. The zero-order valence-electron chi connectivity index (χ0n) is 7.20. The fourth-order valence-electron chi connectivity index (χ4n) is 0. The van der Waals surface area contributed by atoms with Crippen LogP contribution < -0.4 is 0 Å². The van der Waals surface area contributed by atoms with Gasteiger partial charge in [0.2, 0.25) is 5.78 Å². The monoisotopic (exact) mass is 176 g/mol. The second kappa shape index (κ2) is 6.48. The van der Waals surface area contributed by atoms with Crippen LogP contribution in [0.1, 0.15) is 20.8 Å². The molecule has 0 saturated heterocycles. The molecule has 0 heterocycles. The number of hydrogen-bond donors (Lipinski definition) is 2. The van der Waals surface area contributed by atoms with Gasteiger partial charge in [-0.25, -0.2) is 4.79 Å². The van der Waals surface area contributed by atoms with Gasteiger partial charge in [0, 0.05) is 6.92 Å². The van der Waals surface area contributed by atoms with Crippen molar-refractivity contribution in [1.29, 1.82) is 0 Å². The molecule has 0 fully saturated rings. The molecule has 1 unspecified atom stereocenters. The summed E-state index contributed by atoms with van der Waals surface area (Å²) in [6.45, 7) is 3.80. The van der Waals surface area contributed by atoms with E-state index >= 15 is 0 Å². The van der Waals surface area contributed by atoms with Gasteiger partial charge in [-0.05, 0) is 13.8 Å².